The summed E-state index contributed by atoms with van der Waals surface area (Å²) in [4.78, 5) is 30.6. The molecule has 2 aromatic rings. The fourth-order valence-corrected chi connectivity index (χ4v) is 4.10. The molecule has 0 unspecified atom stereocenters. The zero-order valence-corrected chi connectivity index (χ0v) is 21.8. The van der Waals surface area contributed by atoms with Gasteiger partial charge in [-0.2, -0.15) is 0 Å². The van der Waals surface area contributed by atoms with Gasteiger partial charge in [0.25, 0.3) is 0 Å². The van der Waals surface area contributed by atoms with Crippen LogP contribution in [0.4, 0.5) is 5.69 Å². The molecule has 6 nitrogen and oxygen atoms in total. The van der Waals surface area contributed by atoms with E-state index in [1.807, 2.05) is 58.0 Å². The Bertz CT molecular complexity index is 1040. The van der Waals surface area contributed by atoms with Crippen molar-refractivity contribution in [3.63, 3.8) is 0 Å². The van der Waals surface area contributed by atoms with Crippen LogP contribution >= 0.6 is 11.6 Å². The summed E-state index contributed by atoms with van der Waals surface area (Å²) >= 11 is 6.19. The number of carbonyl (C=O) groups excluding carboxylic acids is 2. The van der Waals surface area contributed by atoms with Gasteiger partial charge in [0.15, 0.2) is 0 Å². The summed E-state index contributed by atoms with van der Waals surface area (Å²) in [5, 5.41) is 0.601. The molecular weight excluding hydrogens is 464 g/mol. The summed E-state index contributed by atoms with van der Waals surface area (Å²) in [6, 6.07) is 12.6. The maximum atomic E-state index is 12.3. The first-order chi connectivity index (χ1) is 16.6. The Balaban J connectivity index is 1.74. The molecule has 0 aromatic heterocycles. The van der Waals surface area contributed by atoms with Crippen molar-refractivity contribution in [1.82, 2.24) is 4.90 Å². The summed E-state index contributed by atoms with van der Waals surface area (Å²) in [7, 11) is 0. The lowest BCUT2D eigenvalue weighted by Crippen LogP contribution is -2.32. The maximum absolute atomic E-state index is 12.3. The van der Waals surface area contributed by atoms with Gasteiger partial charge in [-0.3, -0.25) is 4.79 Å². The number of aliphatic imine (C=N–C) groups is 1. The fraction of sp³-hybridized carbons (Fsp3) is 0.464. The van der Waals surface area contributed by atoms with Crippen molar-refractivity contribution in [2.24, 2.45) is 4.99 Å². The molecule has 0 radical (unpaired) electrons. The van der Waals surface area contributed by atoms with Crippen LogP contribution in [0.1, 0.15) is 74.4 Å². The molecule has 0 saturated heterocycles. The lowest BCUT2D eigenvalue weighted by molar-refractivity contribution is -0.118. The molecule has 1 aliphatic rings. The van der Waals surface area contributed by atoms with Crippen LogP contribution < -0.4 is 0 Å². The van der Waals surface area contributed by atoms with Gasteiger partial charge in [-0.05, 0) is 88.8 Å². The van der Waals surface area contributed by atoms with E-state index >= 15 is 0 Å². The van der Waals surface area contributed by atoms with E-state index in [9.17, 15) is 9.59 Å². The molecule has 0 atom stereocenters. The number of carbonyl (C=O) groups is 2. The highest BCUT2D eigenvalue weighted by molar-refractivity contribution is 6.30. The minimum atomic E-state index is -0.556. The summed E-state index contributed by atoms with van der Waals surface area (Å²) in [6.07, 6.45) is 6.36. The molecule has 0 spiro atoms. The average Bonchev–Trinajstić information content (AvgIpc) is 2.81. The average molecular weight is 499 g/mol. The molecule has 188 valence electrons. The van der Waals surface area contributed by atoms with Crippen molar-refractivity contribution >= 4 is 35.6 Å². The number of esters is 1. The van der Waals surface area contributed by atoms with Crippen LogP contribution in [0.25, 0.3) is 0 Å². The van der Waals surface area contributed by atoms with Crippen LogP contribution in [0.2, 0.25) is 5.02 Å². The number of ether oxygens (including phenoxy) is 2. The Hall–Kier alpha value is -2.86. The number of rotatable bonds is 8. The quantitative estimate of drug-likeness (QED) is 0.177. The second-order valence-electron chi connectivity index (χ2n) is 10.0. The minimum absolute atomic E-state index is 0.101. The highest BCUT2D eigenvalue weighted by Crippen LogP contribution is 2.25. The van der Waals surface area contributed by atoms with Crippen LogP contribution in [0, 0.1) is 6.92 Å². The van der Waals surface area contributed by atoms with Crippen molar-refractivity contribution in [2.75, 3.05) is 6.54 Å². The third-order valence-corrected chi connectivity index (χ3v) is 5.97. The molecule has 7 heteroatoms. The van der Waals surface area contributed by atoms with Crippen molar-refractivity contribution in [1.29, 1.82) is 0 Å². The topological polar surface area (TPSA) is 68.2 Å². The second-order valence-corrected chi connectivity index (χ2v) is 10.5. The molecule has 2 aromatic carbocycles. The molecule has 1 fully saturated rings. The summed E-state index contributed by atoms with van der Waals surface area (Å²) in [5.74, 6) is 0.128. The van der Waals surface area contributed by atoms with Gasteiger partial charge in [0.05, 0.1) is 17.8 Å². The SMILES string of the molecule is Cc1ccc(Cl)cc1/N=C(\CN(C=O)Cc1ccc(C(=O)OC(C)(C)C)cc1)OC1CCCCC1. The number of benzene rings is 2. The molecule has 1 amide bonds. The van der Waals surface area contributed by atoms with Gasteiger partial charge in [0, 0.05) is 11.6 Å². The van der Waals surface area contributed by atoms with E-state index in [1.165, 1.54) is 6.42 Å². The fourth-order valence-electron chi connectivity index (χ4n) is 3.93. The summed E-state index contributed by atoms with van der Waals surface area (Å²) in [5.41, 5.74) is 2.52. The first-order valence-corrected chi connectivity index (χ1v) is 12.5. The Labute approximate surface area is 213 Å². The van der Waals surface area contributed by atoms with Crippen LogP contribution in [-0.2, 0) is 20.8 Å². The van der Waals surface area contributed by atoms with Gasteiger partial charge in [0.1, 0.15) is 11.7 Å². The number of halogens is 1. The number of amides is 1. The molecule has 0 heterocycles. The number of nitrogens with zero attached hydrogens (tertiary/aromatic N) is 2. The summed E-state index contributed by atoms with van der Waals surface area (Å²) in [6.45, 7) is 8.07. The van der Waals surface area contributed by atoms with Crippen LogP contribution in [0.15, 0.2) is 47.5 Å². The molecular formula is C28H35ClN2O4. The normalized spacial score (nSPS) is 14.9. The highest BCUT2D eigenvalue weighted by atomic mass is 35.5. The van der Waals surface area contributed by atoms with Crippen LogP contribution in [-0.4, -0.2) is 41.4 Å². The molecule has 35 heavy (non-hydrogen) atoms. The Morgan fingerprint density at radius 1 is 1.11 bits per heavy atom. The molecule has 3 rings (SSSR count). The summed E-state index contributed by atoms with van der Waals surface area (Å²) < 4.78 is 11.7. The predicted octanol–water partition coefficient (Wildman–Crippen LogP) is 6.64. The van der Waals surface area contributed by atoms with E-state index in [2.05, 4.69) is 0 Å². The van der Waals surface area contributed by atoms with E-state index in [-0.39, 0.29) is 18.6 Å². The van der Waals surface area contributed by atoms with Gasteiger partial charge in [0.2, 0.25) is 12.3 Å². The van der Waals surface area contributed by atoms with E-state index < -0.39 is 5.60 Å². The van der Waals surface area contributed by atoms with Crippen molar-refractivity contribution in [3.05, 3.63) is 64.2 Å². The molecule has 0 aliphatic heterocycles. The highest BCUT2D eigenvalue weighted by Gasteiger charge is 2.20. The zero-order chi connectivity index (χ0) is 25.4. The van der Waals surface area contributed by atoms with Crippen LogP contribution in [0.5, 0.6) is 0 Å². The first kappa shape index (κ1) is 26.7. The number of hydrogen-bond donors (Lipinski definition) is 0. The van der Waals surface area contributed by atoms with Gasteiger partial charge >= 0.3 is 5.97 Å². The monoisotopic (exact) mass is 498 g/mol. The molecule has 1 saturated carbocycles. The smallest absolute Gasteiger partial charge is 0.338 e. The second kappa shape index (κ2) is 12.2. The standard InChI is InChI=1S/C28H35ClN2O4/c1-20-10-15-23(29)16-25(20)30-26(34-24-8-6-5-7-9-24)18-31(19-32)17-21-11-13-22(14-12-21)27(33)35-28(2,3)4/h10-16,19,24H,5-9,17-18H2,1-4H3/b30-26+. The third kappa shape index (κ3) is 8.70. The van der Waals surface area contributed by atoms with E-state index in [0.717, 1.165) is 48.9 Å². The van der Waals surface area contributed by atoms with Gasteiger partial charge < -0.3 is 14.4 Å². The first-order valence-electron chi connectivity index (χ1n) is 12.1. The van der Waals surface area contributed by atoms with Crippen molar-refractivity contribution in [2.45, 2.75) is 78.0 Å². The molecule has 0 N–H and O–H groups in total. The van der Waals surface area contributed by atoms with E-state index in [4.69, 9.17) is 26.1 Å². The largest absolute Gasteiger partial charge is 0.476 e. The minimum Gasteiger partial charge on any atom is -0.476 e. The predicted molar refractivity (Wildman–Crippen MR) is 139 cm³/mol. The number of aryl methyl sites for hydroxylation is 1. The van der Waals surface area contributed by atoms with Gasteiger partial charge in [-0.15, -0.1) is 0 Å². The Morgan fingerprint density at radius 3 is 2.43 bits per heavy atom. The van der Waals surface area contributed by atoms with Crippen molar-refractivity contribution < 1.29 is 19.1 Å². The van der Waals surface area contributed by atoms with E-state index in [1.54, 1.807) is 17.0 Å². The van der Waals surface area contributed by atoms with E-state index in [0.29, 0.717) is 23.0 Å². The molecule has 0 bridgehead atoms. The van der Waals surface area contributed by atoms with Crippen molar-refractivity contribution in [3.8, 4) is 0 Å². The Kier molecular flexibility index (Phi) is 9.33. The maximum Gasteiger partial charge on any atom is 0.338 e. The lowest BCUT2D eigenvalue weighted by Gasteiger charge is -2.26. The zero-order valence-electron chi connectivity index (χ0n) is 21.1. The Morgan fingerprint density at radius 2 is 1.80 bits per heavy atom. The third-order valence-electron chi connectivity index (χ3n) is 5.73. The lowest BCUT2D eigenvalue weighted by atomic mass is 9.98. The van der Waals surface area contributed by atoms with Gasteiger partial charge in [-0.1, -0.05) is 36.2 Å². The number of hydrogen-bond acceptors (Lipinski definition) is 5. The van der Waals surface area contributed by atoms with Crippen LogP contribution in [0.3, 0.4) is 0 Å². The van der Waals surface area contributed by atoms with Gasteiger partial charge in [-0.25, -0.2) is 9.79 Å². The molecule has 1 aliphatic carbocycles.